The van der Waals surface area contributed by atoms with Crippen LogP contribution in [0.3, 0.4) is 0 Å². The minimum atomic E-state index is 0.460. The first-order valence-corrected chi connectivity index (χ1v) is 9.34. The molecule has 1 aliphatic rings. The van der Waals surface area contributed by atoms with Crippen molar-refractivity contribution >= 4 is 16.9 Å². The topological polar surface area (TPSA) is 55.5 Å². The van der Waals surface area contributed by atoms with Gasteiger partial charge in [0.05, 0.1) is 0 Å². The summed E-state index contributed by atoms with van der Waals surface area (Å²) in [6.07, 6.45) is 0.952. The summed E-state index contributed by atoms with van der Waals surface area (Å²) in [5.41, 5.74) is 2.46. The number of para-hydroxylation sites is 1. The van der Waals surface area contributed by atoms with E-state index in [1.807, 2.05) is 7.05 Å². The van der Waals surface area contributed by atoms with Gasteiger partial charge in [-0.15, -0.1) is 0 Å². The summed E-state index contributed by atoms with van der Waals surface area (Å²) < 4.78 is 0. The molecule has 136 valence electrons. The van der Waals surface area contributed by atoms with Crippen molar-refractivity contribution in [2.45, 2.75) is 39.3 Å². The fourth-order valence-electron chi connectivity index (χ4n) is 3.57. The van der Waals surface area contributed by atoms with Gasteiger partial charge in [0.1, 0.15) is 0 Å². The molecule has 1 aromatic carbocycles. The molecule has 0 radical (unpaired) electrons. The Morgan fingerprint density at radius 1 is 1.32 bits per heavy atom. The van der Waals surface area contributed by atoms with Crippen molar-refractivity contribution in [3.8, 4) is 0 Å². The normalized spacial score (nSPS) is 22.0. The molecule has 1 saturated heterocycles. The molecule has 2 unspecified atom stereocenters. The van der Waals surface area contributed by atoms with E-state index >= 15 is 0 Å². The van der Waals surface area contributed by atoms with Gasteiger partial charge in [-0.2, -0.15) is 0 Å². The van der Waals surface area contributed by atoms with Crippen LogP contribution in [0, 0.1) is 5.92 Å². The Hall–Kier alpha value is -2.01. The number of benzene rings is 1. The van der Waals surface area contributed by atoms with E-state index in [2.05, 4.69) is 76.6 Å². The molecule has 0 amide bonds. The maximum absolute atomic E-state index is 4.40. The van der Waals surface area contributed by atoms with Crippen LogP contribution in [0.25, 0.3) is 10.9 Å². The number of hydrogen-bond acceptors (Lipinski definition) is 2. The van der Waals surface area contributed by atoms with Gasteiger partial charge in [0.25, 0.3) is 0 Å². The van der Waals surface area contributed by atoms with E-state index in [4.69, 9.17) is 0 Å². The zero-order chi connectivity index (χ0) is 17.8. The van der Waals surface area contributed by atoms with Crippen molar-refractivity contribution in [3.63, 3.8) is 0 Å². The number of hydrogen-bond donors (Lipinski definition) is 3. The molecule has 5 heteroatoms. The SMILES string of the molecule is CN=C(NCCc1cc2ccccc2[nH]1)NC1CN(C(C)C)CC1C. The summed E-state index contributed by atoms with van der Waals surface area (Å²) in [5.74, 6) is 1.54. The Balaban J connectivity index is 1.49. The van der Waals surface area contributed by atoms with Gasteiger partial charge in [-0.1, -0.05) is 25.1 Å². The van der Waals surface area contributed by atoms with Crippen LogP contribution in [0.2, 0.25) is 0 Å². The van der Waals surface area contributed by atoms with Gasteiger partial charge in [0.2, 0.25) is 0 Å². The molecule has 1 aliphatic heterocycles. The monoisotopic (exact) mass is 341 g/mol. The van der Waals surface area contributed by atoms with Crippen molar-refractivity contribution in [2.75, 3.05) is 26.7 Å². The number of rotatable bonds is 5. The number of aliphatic imine (C=N–C) groups is 1. The molecule has 25 heavy (non-hydrogen) atoms. The third-order valence-electron chi connectivity index (χ3n) is 5.19. The van der Waals surface area contributed by atoms with Gasteiger partial charge in [-0.25, -0.2) is 0 Å². The van der Waals surface area contributed by atoms with Crippen molar-refractivity contribution in [1.29, 1.82) is 0 Å². The first kappa shape index (κ1) is 17.8. The lowest BCUT2D eigenvalue weighted by atomic mass is 10.1. The Bertz CT molecular complexity index is 685. The van der Waals surface area contributed by atoms with Gasteiger partial charge in [0, 0.05) is 56.4 Å². The average molecular weight is 342 g/mol. The van der Waals surface area contributed by atoms with Crippen LogP contribution in [0.5, 0.6) is 0 Å². The quantitative estimate of drug-likeness (QED) is 0.579. The number of H-pyrrole nitrogens is 1. The second-order valence-corrected chi connectivity index (χ2v) is 7.41. The van der Waals surface area contributed by atoms with E-state index in [-0.39, 0.29) is 0 Å². The minimum absolute atomic E-state index is 0.460. The first-order valence-electron chi connectivity index (χ1n) is 9.34. The highest BCUT2D eigenvalue weighted by atomic mass is 15.3. The number of aromatic amines is 1. The fourth-order valence-corrected chi connectivity index (χ4v) is 3.57. The Morgan fingerprint density at radius 2 is 2.12 bits per heavy atom. The fraction of sp³-hybridized carbons (Fsp3) is 0.550. The number of guanidine groups is 1. The van der Waals surface area contributed by atoms with Gasteiger partial charge >= 0.3 is 0 Å². The second-order valence-electron chi connectivity index (χ2n) is 7.41. The average Bonchev–Trinajstić information content (AvgIpc) is 3.17. The largest absolute Gasteiger partial charge is 0.358 e. The van der Waals surface area contributed by atoms with Crippen molar-refractivity contribution in [2.24, 2.45) is 10.9 Å². The third-order valence-corrected chi connectivity index (χ3v) is 5.19. The standard InChI is InChI=1S/C20H31N5/c1-14(2)25-12-15(3)19(13-25)24-20(21-4)22-10-9-17-11-16-7-5-6-8-18(16)23-17/h5-8,11,14-15,19,23H,9-10,12-13H2,1-4H3,(H2,21,22,24). The molecule has 0 aliphatic carbocycles. The van der Waals surface area contributed by atoms with Crippen LogP contribution in [-0.2, 0) is 6.42 Å². The zero-order valence-corrected chi connectivity index (χ0v) is 15.8. The summed E-state index contributed by atoms with van der Waals surface area (Å²) in [6.45, 7) is 9.95. The van der Waals surface area contributed by atoms with E-state index in [1.165, 1.54) is 16.6 Å². The molecule has 0 saturated carbocycles. The molecule has 2 aromatic rings. The van der Waals surface area contributed by atoms with Gasteiger partial charge < -0.3 is 15.6 Å². The molecule has 0 spiro atoms. The van der Waals surface area contributed by atoms with E-state index in [0.717, 1.165) is 32.0 Å². The number of fused-ring (bicyclic) bond motifs is 1. The number of likely N-dealkylation sites (tertiary alicyclic amines) is 1. The molecule has 0 bridgehead atoms. The first-order chi connectivity index (χ1) is 12.1. The molecular weight excluding hydrogens is 310 g/mol. The molecule has 3 rings (SSSR count). The number of aromatic nitrogens is 1. The summed E-state index contributed by atoms with van der Waals surface area (Å²) in [5, 5.41) is 8.33. The third kappa shape index (κ3) is 4.34. The Labute approximate surface area is 150 Å². The maximum atomic E-state index is 4.40. The molecule has 1 aromatic heterocycles. The van der Waals surface area contributed by atoms with Crippen LogP contribution in [-0.4, -0.2) is 54.6 Å². The molecule has 3 N–H and O–H groups in total. The van der Waals surface area contributed by atoms with Crippen LogP contribution < -0.4 is 10.6 Å². The van der Waals surface area contributed by atoms with Crippen molar-refractivity contribution in [1.82, 2.24) is 20.5 Å². The van der Waals surface area contributed by atoms with Crippen LogP contribution in [0.1, 0.15) is 26.5 Å². The van der Waals surface area contributed by atoms with E-state index in [9.17, 15) is 0 Å². The van der Waals surface area contributed by atoms with Crippen LogP contribution >= 0.6 is 0 Å². The Morgan fingerprint density at radius 3 is 2.80 bits per heavy atom. The Kier molecular flexibility index (Phi) is 5.63. The van der Waals surface area contributed by atoms with Crippen molar-refractivity contribution in [3.05, 3.63) is 36.0 Å². The molecule has 2 heterocycles. The van der Waals surface area contributed by atoms with E-state index in [1.54, 1.807) is 0 Å². The highest BCUT2D eigenvalue weighted by molar-refractivity contribution is 5.81. The molecule has 1 fully saturated rings. The zero-order valence-electron chi connectivity index (χ0n) is 15.8. The predicted octanol–water partition coefficient (Wildman–Crippen LogP) is 2.60. The molecule has 5 nitrogen and oxygen atoms in total. The van der Waals surface area contributed by atoms with Gasteiger partial charge in [-0.05, 0) is 37.3 Å². The lowest BCUT2D eigenvalue weighted by molar-refractivity contribution is 0.265. The summed E-state index contributed by atoms with van der Waals surface area (Å²) in [6, 6.07) is 11.7. The van der Waals surface area contributed by atoms with Crippen LogP contribution in [0.4, 0.5) is 0 Å². The minimum Gasteiger partial charge on any atom is -0.358 e. The van der Waals surface area contributed by atoms with Crippen molar-refractivity contribution < 1.29 is 0 Å². The molecule has 2 atom stereocenters. The highest BCUT2D eigenvalue weighted by Crippen LogP contribution is 2.18. The lowest BCUT2D eigenvalue weighted by Gasteiger charge is -2.21. The van der Waals surface area contributed by atoms with Crippen LogP contribution in [0.15, 0.2) is 35.3 Å². The van der Waals surface area contributed by atoms with E-state index < -0.39 is 0 Å². The van der Waals surface area contributed by atoms with Gasteiger partial charge in [-0.3, -0.25) is 9.89 Å². The number of nitrogens with zero attached hydrogens (tertiary/aromatic N) is 2. The lowest BCUT2D eigenvalue weighted by Crippen LogP contribution is -2.47. The summed E-state index contributed by atoms with van der Waals surface area (Å²) in [7, 11) is 1.85. The maximum Gasteiger partial charge on any atom is 0.191 e. The smallest absolute Gasteiger partial charge is 0.191 e. The van der Waals surface area contributed by atoms with Gasteiger partial charge in [0.15, 0.2) is 5.96 Å². The molecular formula is C20H31N5. The summed E-state index contributed by atoms with van der Waals surface area (Å²) in [4.78, 5) is 10.4. The second kappa shape index (κ2) is 7.91. The predicted molar refractivity (Wildman–Crippen MR) is 106 cm³/mol. The summed E-state index contributed by atoms with van der Waals surface area (Å²) >= 11 is 0. The van der Waals surface area contributed by atoms with E-state index in [0.29, 0.717) is 18.0 Å². The highest BCUT2D eigenvalue weighted by Gasteiger charge is 2.31. The number of nitrogens with one attached hydrogen (secondary N) is 3.